The van der Waals surface area contributed by atoms with Crippen LogP contribution in [0.25, 0.3) is 0 Å². The van der Waals surface area contributed by atoms with Crippen molar-refractivity contribution in [1.82, 2.24) is 0 Å². The lowest BCUT2D eigenvalue weighted by Crippen LogP contribution is -2.03. The Morgan fingerprint density at radius 2 is 1.08 bits per heavy atom. The summed E-state index contributed by atoms with van der Waals surface area (Å²) in [6.45, 7) is 4.48. The summed E-state index contributed by atoms with van der Waals surface area (Å²) in [5.74, 6) is 0. The van der Waals surface area contributed by atoms with Gasteiger partial charge in [-0.15, -0.1) is 0 Å². The molecule has 2 atom stereocenters. The van der Waals surface area contributed by atoms with E-state index in [1.54, 1.807) is 0 Å². The Morgan fingerprint density at radius 1 is 0.750 bits per heavy atom. The lowest BCUT2D eigenvalue weighted by Gasteiger charge is -2.11. The third-order valence-corrected chi connectivity index (χ3v) is 3.83. The molecule has 0 radical (unpaired) electrons. The molecule has 0 aliphatic carbocycles. The van der Waals surface area contributed by atoms with Crippen LogP contribution in [0, 0.1) is 0 Å². The summed E-state index contributed by atoms with van der Waals surface area (Å²) in [5.41, 5.74) is 0. The first-order valence-corrected chi connectivity index (χ1v) is 6.81. The van der Waals surface area contributed by atoms with E-state index >= 15 is 0 Å². The summed E-state index contributed by atoms with van der Waals surface area (Å²) < 4.78 is 0. The molecule has 74 valence electrons. The lowest BCUT2D eigenvalue weighted by atomic mass is 10.1. The van der Waals surface area contributed by atoms with Gasteiger partial charge in [-0.25, -0.2) is 0 Å². The second kappa shape index (κ2) is 8.55. The third kappa shape index (κ3) is 7.60. The summed E-state index contributed by atoms with van der Waals surface area (Å²) in [6, 6.07) is 0. The SMILES string of the molecule is CCCC(Br)CCC(Br)CCC. The number of rotatable bonds is 7. The molecule has 0 saturated heterocycles. The van der Waals surface area contributed by atoms with Crippen molar-refractivity contribution in [3.63, 3.8) is 0 Å². The maximum atomic E-state index is 3.70. The van der Waals surface area contributed by atoms with Gasteiger partial charge in [0, 0.05) is 9.65 Å². The Morgan fingerprint density at radius 3 is 1.33 bits per heavy atom. The van der Waals surface area contributed by atoms with Crippen LogP contribution in [0.3, 0.4) is 0 Å². The zero-order chi connectivity index (χ0) is 9.40. The van der Waals surface area contributed by atoms with Crippen LogP contribution < -0.4 is 0 Å². The van der Waals surface area contributed by atoms with E-state index in [4.69, 9.17) is 0 Å². The van der Waals surface area contributed by atoms with E-state index < -0.39 is 0 Å². The smallest absolute Gasteiger partial charge is 0.0146 e. The molecule has 0 aliphatic heterocycles. The van der Waals surface area contributed by atoms with Gasteiger partial charge in [0.05, 0.1) is 0 Å². The molecule has 12 heavy (non-hydrogen) atoms. The van der Waals surface area contributed by atoms with Gasteiger partial charge in [-0.2, -0.15) is 0 Å². The maximum Gasteiger partial charge on any atom is 0.0146 e. The minimum Gasteiger partial charge on any atom is -0.0891 e. The average molecular weight is 300 g/mol. The molecule has 0 spiro atoms. The highest BCUT2D eigenvalue weighted by molar-refractivity contribution is 9.09. The van der Waals surface area contributed by atoms with Gasteiger partial charge in [-0.3, -0.25) is 0 Å². The molecule has 0 aromatic carbocycles. The van der Waals surface area contributed by atoms with E-state index in [2.05, 4.69) is 45.7 Å². The molecule has 0 aliphatic rings. The number of hydrogen-bond donors (Lipinski definition) is 0. The van der Waals surface area contributed by atoms with Crippen molar-refractivity contribution in [2.45, 2.75) is 62.0 Å². The minimum atomic E-state index is 0.736. The second-order valence-electron chi connectivity index (χ2n) is 3.35. The largest absolute Gasteiger partial charge is 0.0891 e. The first kappa shape index (κ1) is 13.0. The molecule has 2 unspecified atom stereocenters. The van der Waals surface area contributed by atoms with Gasteiger partial charge in [0.2, 0.25) is 0 Å². The fourth-order valence-electron chi connectivity index (χ4n) is 1.28. The zero-order valence-corrected chi connectivity index (χ0v) is 11.3. The van der Waals surface area contributed by atoms with E-state index in [0.717, 1.165) is 9.65 Å². The van der Waals surface area contributed by atoms with Crippen LogP contribution in [-0.4, -0.2) is 9.65 Å². The Bertz CT molecular complexity index is 81.8. The molecule has 0 fully saturated rings. The molecule has 2 heteroatoms. The summed E-state index contributed by atoms with van der Waals surface area (Å²) >= 11 is 7.39. The third-order valence-electron chi connectivity index (χ3n) is 2.00. The van der Waals surface area contributed by atoms with Crippen molar-refractivity contribution in [1.29, 1.82) is 0 Å². The van der Waals surface area contributed by atoms with Crippen molar-refractivity contribution in [2.75, 3.05) is 0 Å². The van der Waals surface area contributed by atoms with Gasteiger partial charge in [0.15, 0.2) is 0 Å². The first-order chi connectivity index (χ1) is 5.70. The molecule has 0 rings (SSSR count). The molecular weight excluding hydrogens is 280 g/mol. The highest BCUT2D eigenvalue weighted by Crippen LogP contribution is 2.20. The van der Waals surface area contributed by atoms with Gasteiger partial charge in [0.1, 0.15) is 0 Å². The number of alkyl halides is 2. The molecule has 0 aromatic rings. The van der Waals surface area contributed by atoms with Crippen LogP contribution in [0.4, 0.5) is 0 Å². The van der Waals surface area contributed by atoms with Crippen LogP contribution in [0.1, 0.15) is 52.4 Å². The summed E-state index contributed by atoms with van der Waals surface area (Å²) in [4.78, 5) is 1.47. The van der Waals surface area contributed by atoms with Gasteiger partial charge >= 0.3 is 0 Å². The highest BCUT2D eigenvalue weighted by Gasteiger charge is 2.07. The number of hydrogen-bond acceptors (Lipinski definition) is 0. The topological polar surface area (TPSA) is 0 Å². The monoisotopic (exact) mass is 298 g/mol. The normalized spacial score (nSPS) is 16.0. The molecule has 0 N–H and O–H groups in total. The van der Waals surface area contributed by atoms with Crippen LogP contribution in [0.2, 0.25) is 0 Å². The fraction of sp³-hybridized carbons (Fsp3) is 1.00. The lowest BCUT2D eigenvalue weighted by molar-refractivity contribution is 0.616. The summed E-state index contributed by atoms with van der Waals surface area (Å²) in [7, 11) is 0. The van der Waals surface area contributed by atoms with E-state index in [-0.39, 0.29) is 0 Å². The Kier molecular flexibility index (Phi) is 9.24. The van der Waals surface area contributed by atoms with Crippen LogP contribution in [0.15, 0.2) is 0 Å². The first-order valence-electron chi connectivity index (χ1n) is 4.98. The van der Waals surface area contributed by atoms with E-state index in [1.165, 1.54) is 38.5 Å². The van der Waals surface area contributed by atoms with Gasteiger partial charge < -0.3 is 0 Å². The molecule has 0 amide bonds. The Labute approximate surface area is 93.8 Å². The van der Waals surface area contributed by atoms with Crippen molar-refractivity contribution in [3.8, 4) is 0 Å². The summed E-state index contributed by atoms with van der Waals surface area (Å²) in [5, 5.41) is 0. The predicted molar refractivity (Wildman–Crippen MR) is 64.5 cm³/mol. The van der Waals surface area contributed by atoms with Crippen LogP contribution in [-0.2, 0) is 0 Å². The molecule has 0 saturated carbocycles. The van der Waals surface area contributed by atoms with E-state index in [9.17, 15) is 0 Å². The second-order valence-corrected chi connectivity index (χ2v) is 5.94. The van der Waals surface area contributed by atoms with Crippen LogP contribution >= 0.6 is 31.9 Å². The minimum absolute atomic E-state index is 0.736. The average Bonchev–Trinajstić information content (AvgIpc) is 2.02. The molecule has 0 heterocycles. The quantitative estimate of drug-likeness (QED) is 0.587. The summed E-state index contributed by atoms with van der Waals surface area (Å²) in [6.07, 6.45) is 7.82. The molecular formula is C10H20Br2. The standard InChI is InChI=1S/C10H20Br2/c1-3-5-9(11)7-8-10(12)6-4-2/h9-10H,3-8H2,1-2H3. The fourth-order valence-corrected chi connectivity index (χ4v) is 2.72. The molecule has 0 aromatic heterocycles. The Balaban J connectivity index is 3.27. The van der Waals surface area contributed by atoms with Crippen molar-refractivity contribution >= 4 is 31.9 Å². The van der Waals surface area contributed by atoms with E-state index in [0.29, 0.717) is 0 Å². The molecule has 0 bridgehead atoms. The highest BCUT2D eigenvalue weighted by atomic mass is 79.9. The van der Waals surface area contributed by atoms with Crippen molar-refractivity contribution in [2.24, 2.45) is 0 Å². The Hall–Kier alpha value is 0.960. The predicted octanol–water partition coefficient (Wildman–Crippen LogP) is 4.89. The van der Waals surface area contributed by atoms with Crippen molar-refractivity contribution in [3.05, 3.63) is 0 Å². The van der Waals surface area contributed by atoms with Crippen molar-refractivity contribution < 1.29 is 0 Å². The van der Waals surface area contributed by atoms with Gasteiger partial charge in [-0.05, 0) is 25.7 Å². The van der Waals surface area contributed by atoms with Crippen LogP contribution in [0.5, 0.6) is 0 Å². The van der Waals surface area contributed by atoms with Gasteiger partial charge in [-0.1, -0.05) is 58.5 Å². The molecule has 0 nitrogen and oxygen atoms in total. The number of halogens is 2. The maximum absolute atomic E-state index is 3.70. The zero-order valence-electron chi connectivity index (χ0n) is 8.15. The van der Waals surface area contributed by atoms with E-state index in [1.807, 2.05) is 0 Å². The van der Waals surface area contributed by atoms with Gasteiger partial charge in [0.25, 0.3) is 0 Å².